The first kappa shape index (κ1) is 11.3. The van der Waals surface area contributed by atoms with Gasteiger partial charge in [0.15, 0.2) is 0 Å². The lowest BCUT2D eigenvalue weighted by Crippen LogP contribution is -2.33. The summed E-state index contributed by atoms with van der Waals surface area (Å²) in [7, 11) is 0. The predicted octanol–water partition coefficient (Wildman–Crippen LogP) is 2.73. The largest absolute Gasteiger partial charge is 0.309 e. The van der Waals surface area contributed by atoms with Crippen LogP contribution in [0.4, 0.5) is 0 Å². The molecule has 2 unspecified atom stereocenters. The molecule has 0 rings (SSSR count). The highest BCUT2D eigenvalue weighted by atomic mass is 35.5. The van der Waals surface area contributed by atoms with Gasteiger partial charge in [0.2, 0.25) is 0 Å². The van der Waals surface area contributed by atoms with E-state index in [1.807, 2.05) is 13.8 Å². The summed E-state index contributed by atoms with van der Waals surface area (Å²) in [6.45, 7) is 6.81. The summed E-state index contributed by atoms with van der Waals surface area (Å²) in [6.07, 6.45) is 0. The summed E-state index contributed by atoms with van der Waals surface area (Å²) in [5.41, 5.74) is 2.70. The quantitative estimate of drug-likeness (QED) is 0.681. The van der Waals surface area contributed by atoms with Crippen molar-refractivity contribution in [2.24, 2.45) is 0 Å². The lowest BCUT2D eigenvalue weighted by molar-refractivity contribution is 0.566. The second kappa shape index (κ2) is 5.87. The van der Waals surface area contributed by atoms with Crippen LogP contribution in [0.25, 0.3) is 0 Å². The number of hydrogen-bond donors (Lipinski definition) is 1. The molecule has 0 aliphatic heterocycles. The highest BCUT2D eigenvalue weighted by Crippen LogP contribution is 2.01. The molecule has 0 aromatic rings. The van der Waals surface area contributed by atoms with E-state index in [0.717, 1.165) is 12.1 Å². The van der Waals surface area contributed by atoms with Crippen molar-refractivity contribution >= 4 is 23.2 Å². The Morgan fingerprint density at radius 1 is 1.55 bits per heavy atom. The minimum absolute atomic E-state index is 0.151. The fourth-order valence-corrected chi connectivity index (χ4v) is 0.689. The molecule has 3 heteroatoms. The number of alkyl halides is 1. The van der Waals surface area contributed by atoms with E-state index in [1.54, 1.807) is 5.54 Å². The first-order chi connectivity index (χ1) is 5.07. The van der Waals surface area contributed by atoms with Crippen LogP contribution in [-0.4, -0.2) is 18.0 Å². The molecule has 0 saturated carbocycles. The molecule has 0 heterocycles. The van der Waals surface area contributed by atoms with Crippen LogP contribution in [0, 0.1) is 0 Å². The molecular formula is C8H15Cl2N. The number of halogens is 2. The number of nitrogens with one attached hydrogen (secondary N) is 1. The molecular weight excluding hydrogens is 181 g/mol. The van der Waals surface area contributed by atoms with E-state index in [0.29, 0.717) is 6.04 Å². The van der Waals surface area contributed by atoms with Crippen LogP contribution in [0.15, 0.2) is 11.1 Å². The van der Waals surface area contributed by atoms with Crippen molar-refractivity contribution in [3.63, 3.8) is 0 Å². The number of hydrogen-bond acceptors (Lipinski definition) is 1. The summed E-state index contributed by atoms with van der Waals surface area (Å²) in [6, 6.07) is 0.322. The van der Waals surface area contributed by atoms with E-state index in [2.05, 4.69) is 12.2 Å². The first-order valence-corrected chi connectivity index (χ1v) is 4.58. The molecule has 11 heavy (non-hydrogen) atoms. The maximum atomic E-state index is 5.84. The van der Waals surface area contributed by atoms with Gasteiger partial charge in [-0.2, -0.15) is 0 Å². The monoisotopic (exact) mass is 195 g/mol. The Bertz CT molecular complexity index is 132. The zero-order chi connectivity index (χ0) is 8.85. The molecule has 0 radical (unpaired) electrons. The van der Waals surface area contributed by atoms with Gasteiger partial charge in [-0.25, -0.2) is 0 Å². The van der Waals surface area contributed by atoms with Gasteiger partial charge in [-0.05, 0) is 26.3 Å². The van der Waals surface area contributed by atoms with E-state index in [9.17, 15) is 0 Å². The molecule has 0 aromatic heterocycles. The van der Waals surface area contributed by atoms with E-state index in [1.165, 1.54) is 0 Å². The molecule has 0 aliphatic carbocycles. The van der Waals surface area contributed by atoms with Crippen LogP contribution >= 0.6 is 23.2 Å². The van der Waals surface area contributed by atoms with Crippen molar-refractivity contribution in [2.45, 2.75) is 32.2 Å². The van der Waals surface area contributed by atoms with Gasteiger partial charge in [0.05, 0.1) is 0 Å². The zero-order valence-electron chi connectivity index (χ0n) is 7.20. The Kier molecular flexibility index (Phi) is 6.02. The predicted molar refractivity (Wildman–Crippen MR) is 52.4 cm³/mol. The smallest absolute Gasteiger partial charge is 0.0458 e. The average molecular weight is 196 g/mol. The van der Waals surface area contributed by atoms with Gasteiger partial charge >= 0.3 is 0 Å². The van der Waals surface area contributed by atoms with Crippen molar-refractivity contribution in [3.8, 4) is 0 Å². The lowest BCUT2D eigenvalue weighted by atomic mass is 10.2. The van der Waals surface area contributed by atoms with Crippen molar-refractivity contribution in [3.05, 3.63) is 11.1 Å². The fraction of sp³-hybridized carbons (Fsp3) is 0.750. The number of rotatable bonds is 4. The molecule has 1 N–H and O–H groups in total. The summed E-state index contributed by atoms with van der Waals surface area (Å²) in [5, 5.41) is 3.40. The van der Waals surface area contributed by atoms with E-state index >= 15 is 0 Å². The molecule has 0 saturated heterocycles. The Balaban J connectivity index is 3.54. The van der Waals surface area contributed by atoms with Crippen LogP contribution in [0.5, 0.6) is 0 Å². The molecule has 66 valence electrons. The molecule has 2 atom stereocenters. The molecule has 0 aliphatic rings. The SMILES string of the molecule is C/C(=C\Cl)CNC(C)C(C)Cl. The zero-order valence-corrected chi connectivity index (χ0v) is 8.71. The maximum absolute atomic E-state index is 5.84. The van der Waals surface area contributed by atoms with Gasteiger partial charge in [0.1, 0.15) is 0 Å². The third-order valence-electron chi connectivity index (χ3n) is 1.58. The van der Waals surface area contributed by atoms with Crippen LogP contribution < -0.4 is 5.32 Å². The standard InChI is InChI=1S/C8H15Cl2N/c1-6(4-9)5-11-8(3)7(2)10/h4,7-8,11H,5H2,1-3H3/b6-4+. The van der Waals surface area contributed by atoms with Gasteiger partial charge in [0, 0.05) is 23.5 Å². The van der Waals surface area contributed by atoms with Gasteiger partial charge in [-0.3, -0.25) is 0 Å². The Morgan fingerprint density at radius 3 is 2.45 bits per heavy atom. The molecule has 0 aromatic carbocycles. The maximum Gasteiger partial charge on any atom is 0.0458 e. The molecule has 0 spiro atoms. The normalized spacial score (nSPS) is 18.1. The second-order valence-corrected chi connectivity index (χ2v) is 3.71. The second-order valence-electron chi connectivity index (χ2n) is 2.80. The van der Waals surface area contributed by atoms with Crippen molar-refractivity contribution < 1.29 is 0 Å². The van der Waals surface area contributed by atoms with Crippen molar-refractivity contribution in [1.82, 2.24) is 5.32 Å². The fourth-order valence-electron chi connectivity index (χ4n) is 0.523. The lowest BCUT2D eigenvalue weighted by Gasteiger charge is -2.15. The topological polar surface area (TPSA) is 12.0 Å². The third-order valence-corrected chi connectivity index (χ3v) is 2.33. The summed E-state index contributed by atoms with van der Waals surface area (Å²) in [5.74, 6) is 0. The first-order valence-electron chi connectivity index (χ1n) is 3.71. The third kappa shape index (κ3) is 5.54. The van der Waals surface area contributed by atoms with E-state index in [4.69, 9.17) is 23.2 Å². The molecule has 1 nitrogen and oxygen atoms in total. The Labute approximate surface area is 78.8 Å². The Morgan fingerprint density at radius 2 is 2.09 bits per heavy atom. The molecule has 0 bridgehead atoms. The van der Waals surface area contributed by atoms with Crippen LogP contribution in [-0.2, 0) is 0 Å². The van der Waals surface area contributed by atoms with Gasteiger partial charge in [-0.1, -0.05) is 11.6 Å². The summed E-state index contributed by atoms with van der Waals surface area (Å²) in [4.78, 5) is 0. The molecule has 0 fully saturated rings. The van der Waals surface area contributed by atoms with E-state index in [-0.39, 0.29) is 5.38 Å². The minimum atomic E-state index is 0.151. The van der Waals surface area contributed by atoms with Crippen LogP contribution in [0.3, 0.4) is 0 Å². The summed E-state index contributed by atoms with van der Waals surface area (Å²) < 4.78 is 0. The molecule has 0 amide bonds. The summed E-state index contributed by atoms with van der Waals surface area (Å²) >= 11 is 11.3. The van der Waals surface area contributed by atoms with Crippen LogP contribution in [0.2, 0.25) is 0 Å². The average Bonchev–Trinajstić information content (AvgIpc) is 1.99. The highest BCUT2D eigenvalue weighted by molar-refractivity contribution is 6.25. The van der Waals surface area contributed by atoms with Crippen molar-refractivity contribution in [2.75, 3.05) is 6.54 Å². The van der Waals surface area contributed by atoms with Crippen molar-refractivity contribution in [1.29, 1.82) is 0 Å². The van der Waals surface area contributed by atoms with Gasteiger partial charge in [0.25, 0.3) is 0 Å². The minimum Gasteiger partial charge on any atom is -0.309 e. The van der Waals surface area contributed by atoms with Crippen LogP contribution in [0.1, 0.15) is 20.8 Å². The van der Waals surface area contributed by atoms with Gasteiger partial charge in [-0.15, -0.1) is 11.6 Å². The van der Waals surface area contributed by atoms with Gasteiger partial charge < -0.3 is 5.32 Å². The Hall–Kier alpha value is 0.280. The highest BCUT2D eigenvalue weighted by Gasteiger charge is 2.06. The van der Waals surface area contributed by atoms with E-state index < -0.39 is 0 Å².